The predicted octanol–water partition coefficient (Wildman–Crippen LogP) is 5.17. The van der Waals surface area contributed by atoms with Crippen LogP contribution >= 0.6 is 34.3 Å². The van der Waals surface area contributed by atoms with Gasteiger partial charge in [-0.2, -0.15) is 26.3 Å². The Morgan fingerprint density at radius 3 is 1.92 bits per heavy atom. The Labute approximate surface area is 224 Å². The van der Waals surface area contributed by atoms with Crippen LogP contribution in [-0.2, 0) is 25.9 Å². The van der Waals surface area contributed by atoms with Crippen molar-refractivity contribution in [3.05, 3.63) is 49.0 Å². The van der Waals surface area contributed by atoms with Gasteiger partial charge in [-0.05, 0) is 24.0 Å². The number of hydrogen-bond donors (Lipinski definition) is 1. The van der Waals surface area contributed by atoms with Crippen LogP contribution in [0.2, 0.25) is 5.15 Å². The maximum atomic E-state index is 12.4. The van der Waals surface area contributed by atoms with Crippen molar-refractivity contribution < 1.29 is 26.3 Å². The first-order valence-electron chi connectivity index (χ1n) is 11.3. The van der Waals surface area contributed by atoms with Crippen molar-refractivity contribution in [3.8, 4) is 0 Å². The van der Waals surface area contributed by atoms with Crippen LogP contribution in [0.25, 0.3) is 20.4 Å². The summed E-state index contributed by atoms with van der Waals surface area (Å²) in [5, 5.41) is 1.72. The summed E-state index contributed by atoms with van der Waals surface area (Å²) < 4.78 is 74.3. The van der Waals surface area contributed by atoms with Crippen LogP contribution in [-0.4, -0.2) is 68.3 Å². The summed E-state index contributed by atoms with van der Waals surface area (Å²) in [5.41, 5.74) is 1.64. The van der Waals surface area contributed by atoms with Crippen LogP contribution in [0.4, 0.5) is 26.3 Å². The van der Waals surface area contributed by atoms with E-state index in [1.165, 1.54) is 45.1 Å². The first-order chi connectivity index (χ1) is 17.9. The standard InChI is InChI=1S/C11H9ClF3N3S.C11H10F3N3OS/c12-9-8-6-1-2-18(4-11(13,14)15)3-7(6)19-10(8)17-5-16-9;12-11(13,14)4-17-2-1-6-7(3-17)19-10-8(6)9(18)15-5-16-10/h5H,1-4H2;5H,1-4H2,(H,15,16,18). The van der Waals surface area contributed by atoms with Crippen molar-refractivity contribution in [1.29, 1.82) is 0 Å². The number of aromatic nitrogens is 4. The third-order valence-corrected chi connectivity index (χ3v) is 8.73. The summed E-state index contributed by atoms with van der Waals surface area (Å²) in [7, 11) is 0. The van der Waals surface area contributed by atoms with E-state index < -0.39 is 25.4 Å². The fourth-order valence-electron chi connectivity index (χ4n) is 4.71. The maximum absolute atomic E-state index is 12.4. The second kappa shape index (κ2) is 10.3. The molecule has 6 heterocycles. The SMILES string of the molecule is FC(F)(F)CN1CCc2c(sc3ncnc(Cl)c23)C1.O=c1[nH]cnc2sc3c(c12)CCN(CC(F)(F)F)C3. The minimum Gasteiger partial charge on any atom is -0.313 e. The van der Waals surface area contributed by atoms with Crippen LogP contribution in [0, 0.1) is 0 Å². The molecule has 1 N–H and O–H groups in total. The van der Waals surface area contributed by atoms with Gasteiger partial charge in [0.1, 0.15) is 21.1 Å². The van der Waals surface area contributed by atoms with E-state index in [9.17, 15) is 31.1 Å². The molecular weight excluding hydrogens is 578 g/mol. The quantitative estimate of drug-likeness (QED) is 0.254. The highest BCUT2D eigenvalue weighted by Crippen LogP contribution is 2.37. The minimum absolute atomic E-state index is 0.216. The molecule has 0 unspecified atom stereocenters. The fourth-order valence-corrected chi connectivity index (χ4v) is 7.47. The summed E-state index contributed by atoms with van der Waals surface area (Å²) >= 11 is 8.74. The summed E-state index contributed by atoms with van der Waals surface area (Å²) in [6, 6.07) is 0. The Kier molecular flexibility index (Phi) is 7.41. The average Bonchev–Trinajstić information content (AvgIpc) is 3.36. The van der Waals surface area contributed by atoms with Crippen molar-refractivity contribution in [2.45, 2.75) is 38.3 Å². The molecule has 2 aliphatic heterocycles. The van der Waals surface area contributed by atoms with Crippen molar-refractivity contribution in [2.75, 3.05) is 26.2 Å². The minimum atomic E-state index is -4.19. The lowest BCUT2D eigenvalue weighted by Gasteiger charge is -2.27. The predicted molar refractivity (Wildman–Crippen MR) is 133 cm³/mol. The number of rotatable bonds is 2. The van der Waals surface area contributed by atoms with Crippen LogP contribution < -0.4 is 5.56 Å². The van der Waals surface area contributed by atoms with Gasteiger partial charge in [0.2, 0.25) is 0 Å². The van der Waals surface area contributed by atoms with E-state index in [0.717, 1.165) is 31.1 Å². The van der Waals surface area contributed by atoms with Gasteiger partial charge in [0.05, 0.1) is 30.2 Å². The van der Waals surface area contributed by atoms with E-state index in [1.54, 1.807) is 0 Å². The van der Waals surface area contributed by atoms with Gasteiger partial charge in [-0.1, -0.05) is 11.6 Å². The van der Waals surface area contributed by atoms with Crippen LogP contribution in [0.5, 0.6) is 0 Å². The lowest BCUT2D eigenvalue weighted by molar-refractivity contribution is -0.148. The van der Waals surface area contributed by atoms with Gasteiger partial charge in [-0.3, -0.25) is 14.6 Å². The Balaban J connectivity index is 0.000000155. The number of alkyl halides is 6. The summed E-state index contributed by atoms with van der Waals surface area (Å²) in [5.74, 6) is 0. The average molecular weight is 597 g/mol. The molecule has 0 radical (unpaired) electrons. The molecule has 0 atom stereocenters. The van der Waals surface area contributed by atoms with Gasteiger partial charge < -0.3 is 4.98 Å². The largest absolute Gasteiger partial charge is 0.401 e. The smallest absolute Gasteiger partial charge is 0.313 e. The lowest BCUT2D eigenvalue weighted by atomic mass is 10.1. The molecule has 204 valence electrons. The van der Waals surface area contributed by atoms with E-state index in [4.69, 9.17) is 11.6 Å². The van der Waals surface area contributed by atoms with Crippen molar-refractivity contribution >= 4 is 54.7 Å². The Morgan fingerprint density at radius 1 is 0.842 bits per heavy atom. The fraction of sp³-hybridized carbons (Fsp3) is 0.455. The summed E-state index contributed by atoms with van der Waals surface area (Å²) in [6.07, 6.45) is -4.64. The highest BCUT2D eigenvalue weighted by Gasteiger charge is 2.34. The zero-order valence-corrected chi connectivity index (χ0v) is 21.8. The van der Waals surface area contributed by atoms with E-state index in [0.29, 0.717) is 47.8 Å². The number of hydrogen-bond acceptors (Lipinski definition) is 8. The van der Waals surface area contributed by atoms with E-state index >= 15 is 0 Å². The molecule has 0 bridgehead atoms. The van der Waals surface area contributed by atoms with Crippen LogP contribution in [0.15, 0.2) is 17.4 Å². The Bertz CT molecular complexity index is 1530. The van der Waals surface area contributed by atoms with Gasteiger partial charge in [-0.15, -0.1) is 22.7 Å². The number of fused-ring (bicyclic) bond motifs is 6. The number of nitrogens with one attached hydrogen (secondary N) is 1. The van der Waals surface area contributed by atoms with Crippen LogP contribution in [0.3, 0.4) is 0 Å². The third kappa shape index (κ3) is 5.96. The van der Waals surface area contributed by atoms with Gasteiger partial charge >= 0.3 is 12.4 Å². The molecule has 6 rings (SSSR count). The molecule has 0 aliphatic carbocycles. The molecule has 38 heavy (non-hydrogen) atoms. The van der Waals surface area contributed by atoms with Crippen molar-refractivity contribution in [3.63, 3.8) is 0 Å². The van der Waals surface area contributed by atoms with Crippen molar-refractivity contribution in [1.82, 2.24) is 29.7 Å². The lowest BCUT2D eigenvalue weighted by Crippen LogP contribution is -2.37. The van der Waals surface area contributed by atoms with Gasteiger partial charge in [0.15, 0.2) is 0 Å². The van der Waals surface area contributed by atoms with Gasteiger partial charge in [0.25, 0.3) is 5.56 Å². The monoisotopic (exact) mass is 596 g/mol. The molecule has 2 aliphatic rings. The summed E-state index contributed by atoms with van der Waals surface area (Å²) in [4.78, 5) is 32.2. The number of thiophene rings is 2. The normalized spacial score (nSPS) is 16.8. The molecule has 4 aromatic heterocycles. The number of nitrogens with zero attached hydrogens (tertiary/aromatic N) is 5. The molecule has 7 nitrogen and oxygen atoms in total. The highest BCUT2D eigenvalue weighted by atomic mass is 35.5. The van der Waals surface area contributed by atoms with E-state index in [1.807, 2.05) is 0 Å². The molecule has 0 spiro atoms. The van der Waals surface area contributed by atoms with Gasteiger partial charge in [-0.25, -0.2) is 15.0 Å². The van der Waals surface area contributed by atoms with Crippen molar-refractivity contribution in [2.24, 2.45) is 0 Å². The molecule has 16 heteroatoms. The first kappa shape index (κ1) is 27.2. The second-order valence-electron chi connectivity index (χ2n) is 8.92. The zero-order chi connectivity index (χ0) is 27.2. The van der Waals surface area contributed by atoms with E-state index in [-0.39, 0.29) is 12.1 Å². The highest BCUT2D eigenvalue weighted by molar-refractivity contribution is 7.19. The Hall–Kier alpha value is -2.33. The second-order valence-corrected chi connectivity index (χ2v) is 11.4. The number of halogens is 7. The first-order valence-corrected chi connectivity index (χ1v) is 13.4. The Morgan fingerprint density at radius 2 is 1.37 bits per heavy atom. The molecule has 4 aromatic rings. The molecule has 0 amide bonds. The molecule has 0 fully saturated rings. The number of H-pyrrole nitrogens is 1. The molecule has 0 saturated carbocycles. The third-order valence-electron chi connectivity index (χ3n) is 6.20. The maximum Gasteiger partial charge on any atom is 0.401 e. The topological polar surface area (TPSA) is 78.0 Å². The van der Waals surface area contributed by atoms with E-state index in [2.05, 4.69) is 19.9 Å². The van der Waals surface area contributed by atoms with Gasteiger partial charge in [0, 0.05) is 35.9 Å². The number of aromatic amines is 1. The molecular formula is C22H19ClF6N6OS2. The summed E-state index contributed by atoms with van der Waals surface area (Å²) in [6.45, 7) is -0.567. The molecule has 0 aromatic carbocycles. The molecule has 0 saturated heterocycles. The van der Waals surface area contributed by atoms with Crippen LogP contribution in [0.1, 0.15) is 20.9 Å². The zero-order valence-electron chi connectivity index (χ0n) is 19.4.